The van der Waals surface area contributed by atoms with Crippen LogP contribution in [0, 0.1) is 0 Å². The van der Waals surface area contributed by atoms with E-state index < -0.39 is 0 Å². The van der Waals surface area contributed by atoms with Gasteiger partial charge in [0.2, 0.25) is 0 Å². The Morgan fingerprint density at radius 1 is 1.14 bits per heavy atom. The van der Waals surface area contributed by atoms with Crippen molar-refractivity contribution in [3.05, 3.63) is 35.5 Å². The third-order valence-corrected chi connectivity index (χ3v) is 4.00. The minimum absolute atomic E-state index is 0.884. The van der Waals surface area contributed by atoms with Crippen molar-refractivity contribution in [2.24, 2.45) is 4.99 Å². The van der Waals surface area contributed by atoms with E-state index in [1.54, 1.807) is 0 Å². The minimum Gasteiger partial charge on any atom is -0.361 e. The van der Waals surface area contributed by atoms with Gasteiger partial charge in [-0.15, -0.1) is 0 Å². The van der Waals surface area contributed by atoms with E-state index in [-0.39, 0.29) is 0 Å². The summed E-state index contributed by atoms with van der Waals surface area (Å²) in [5.41, 5.74) is 4.03. The Morgan fingerprint density at radius 3 is 2.68 bits per heavy atom. The normalized spacial score (nSPS) is 11.9. The Morgan fingerprint density at radius 2 is 1.95 bits per heavy atom. The van der Waals surface area contributed by atoms with Crippen molar-refractivity contribution >= 4 is 16.9 Å². The molecule has 1 aromatic heterocycles. The number of rotatable bonds is 7. The number of fused-ring (bicyclic) bond motifs is 1. The number of benzene rings is 1. The van der Waals surface area contributed by atoms with Crippen LogP contribution in [0.4, 0.5) is 0 Å². The maximum atomic E-state index is 4.26. The first kappa shape index (κ1) is 16.4. The molecule has 0 spiro atoms. The Hall–Kier alpha value is -1.97. The largest absolute Gasteiger partial charge is 0.361 e. The Bertz CT molecular complexity index is 613. The lowest BCUT2D eigenvalue weighted by molar-refractivity contribution is 0.727. The topological polar surface area (TPSA) is 52.2 Å². The van der Waals surface area contributed by atoms with Crippen LogP contribution in [0.25, 0.3) is 10.9 Å². The fourth-order valence-corrected chi connectivity index (χ4v) is 2.70. The van der Waals surface area contributed by atoms with Crippen molar-refractivity contribution in [3.63, 3.8) is 0 Å². The first-order chi connectivity index (χ1) is 10.8. The highest BCUT2D eigenvalue weighted by molar-refractivity contribution is 5.86. The van der Waals surface area contributed by atoms with Gasteiger partial charge in [0.1, 0.15) is 0 Å². The number of aryl methyl sites for hydroxylation is 1. The number of aromatic nitrogens is 1. The number of unbranched alkanes of at least 4 members (excludes halogenated alkanes) is 1. The molecule has 0 fully saturated rings. The number of guanidine groups is 1. The van der Waals surface area contributed by atoms with Crippen LogP contribution in [-0.2, 0) is 12.8 Å². The van der Waals surface area contributed by atoms with E-state index in [0.29, 0.717) is 0 Å². The molecule has 4 heteroatoms. The molecule has 0 saturated heterocycles. The smallest absolute Gasteiger partial charge is 0.190 e. The maximum absolute atomic E-state index is 4.26. The van der Waals surface area contributed by atoms with Gasteiger partial charge in [0.15, 0.2) is 5.96 Å². The molecular formula is C18H28N4. The molecule has 1 aromatic carbocycles. The van der Waals surface area contributed by atoms with E-state index >= 15 is 0 Å². The number of aromatic amines is 1. The first-order valence-corrected chi connectivity index (χ1v) is 8.32. The lowest BCUT2D eigenvalue weighted by atomic mass is 10.1. The molecule has 120 valence electrons. The first-order valence-electron chi connectivity index (χ1n) is 8.32. The second-order valence-corrected chi connectivity index (χ2v) is 5.54. The van der Waals surface area contributed by atoms with Crippen LogP contribution < -0.4 is 10.6 Å². The summed E-state index contributed by atoms with van der Waals surface area (Å²) < 4.78 is 0. The van der Waals surface area contributed by atoms with Crippen molar-refractivity contribution in [1.82, 2.24) is 15.6 Å². The van der Waals surface area contributed by atoms with Gasteiger partial charge in [-0.05, 0) is 30.4 Å². The molecule has 0 aliphatic carbocycles. The number of nitrogens with zero attached hydrogens (tertiary/aromatic N) is 1. The zero-order valence-corrected chi connectivity index (χ0v) is 14.0. The third kappa shape index (κ3) is 4.03. The zero-order valence-electron chi connectivity index (χ0n) is 14.0. The van der Waals surface area contributed by atoms with E-state index in [2.05, 4.69) is 58.9 Å². The van der Waals surface area contributed by atoms with Crippen LogP contribution in [-0.4, -0.2) is 31.1 Å². The van der Waals surface area contributed by atoms with Gasteiger partial charge in [0.05, 0.1) is 0 Å². The van der Waals surface area contributed by atoms with E-state index in [0.717, 1.165) is 31.9 Å². The standard InChI is InChI=1S/C18H28N4/c1-4-6-11-20-18(19-3)21-12-10-15-13-22-17-14(5-2)8-7-9-16(15)17/h7-9,13,22H,4-6,10-12H2,1-3H3,(H2,19,20,21). The number of para-hydroxylation sites is 1. The molecule has 0 radical (unpaired) electrons. The average Bonchev–Trinajstić information content (AvgIpc) is 2.96. The molecular weight excluding hydrogens is 272 g/mol. The molecule has 0 unspecified atom stereocenters. The highest BCUT2D eigenvalue weighted by Crippen LogP contribution is 2.22. The number of hydrogen-bond donors (Lipinski definition) is 3. The fourth-order valence-electron chi connectivity index (χ4n) is 2.70. The molecule has 3 N–H and O–H groups in total. The molecule has 22 heavy (non-hydrogen) atoms. The molecule has 0 atom stereocenters. The number of nitrogens with one attached hydrogen (secondary N) is 3. The lowest BCUT2D eigenvalue weighted by Gasteiger charge is -2.11. The Kier molecular flexibility index (Phi) is 6.31. The number of hydrogen-bond acceptors (Lipinski definition) is 1. The van der Waals surface area contributed by atoms with Crippen LogP contribution in [0.2, 0.25) is 0 Å². The fraction of sp³-hybridized carbons (Fsp3) is 0.500. The summed E-state index contributed by atoms with van der Waals surface area (Å²) in [5.74, 6) is 0.891. The van der Waals surface area contributed by atoms with E-state index in [1.165, 1.54) is 34.9 Å². The summed E-state index contributed by atoms with van der Waals surface area (Å²) >= 11 is 0. The van der Waals surface area contributed by atoms with Crippen LogP contribution in [0.1, 0.15) is 37.8 Å². The van der Waals surface area contributed by atoms with E-state index in [4.69, 9.17) is 0 Å². The predicted octanol–water partition coefficient (Wildman–Crippen LogP) is 3.24. The van der Waals surface area contributed by atoms with Crippen molar-refractivity contribution < 1.29 is 0 Å². The molecule has 1 heterocycles. The quantitative estimate of drug-likeness (QED) is 0.418. The van der Waals surface area contributed by atoms with E-state index in [1.807, 2.05) is 7.05 Å². The van der Waals surface area contributed by atoms with Gasteiger partial charge in [-0.1, -0.05) is 38.5 Å². The SMILES string of the molecule is CCCCNC(=NC)NCCc1c[nH]c2c(CC)cccc12. The summed E-state index contributed by atoms with van der Waals surface area (Å²) in [7, 11) is 1.82. The summed E-state index contributed by atoms with van der Waals surface area (Å²) in [6.07, 6.45) is 6.55. The number of aliphatic imine (C=N–C) groups is 1. The molecule has 2 aromatic rings. The third-order valence-electron chi connectivity index (χ3n) is 4.00. The second-order valence-electron chi connectivity index (χ2n) is 5.54. The summed E-state index contributed by atoms with van der Waals surface area (Å²) in [5, 5.41) is 8.06. The van der Waals surface area contributed by atoms with Crippen molar-refractivity contribution in [2.45, 2.75) is 39.5 Å². The van der Waals surface area contributed by atoms with Gasteiger partial charge in [0.25, 0.3) is 0 Å². The van der Waals surface area contributed by atoms with Gasteiger partial charge in [-0.3, -0.25) is 4.99 Å². The predicted molar refractivity (Wildman–Crippen MR) is 95.7 cm³/mol. The Balaban J connectivity index is 1.92. The highest BCUT2D eigenvalue weighted by Gasteiger charge is 2.06. The molecule has 0 aliphatic heterocycles. The van der Waals surface area contributed by atoms with Gasteiger partial charge in [0, 0.05) is 37.2 Å². The summed E-state index contributed by atoms with van der Waals surface area (Å²) in [6, 6.07) is 6.55. The van der Waals surface area contributed by atoms with Crippen LogP contribution in [0.15, 0.2) is 29.4 Å². The van der Waals surface area contributed by atoms with Gasteiger partial charge in [-0.2, -0.15) is 0 Å². The molecule has 4 nitrogen and oxygen atoms in total. The minimum atomic E-state index is 0.884. The molecule has 0 bridgehead atoms. The Labute approximate surface area is 133 Å². The average molecular weight is 300 g/mol. The van der Waals surface area contributed by atoms with Crippen LogP contribution >= 0.6 is 0 Å². The van der Waals surface area contributed by atoms with Crippen molar-refractivity contribution in [2.75, 3.05) is 20.1 Å². The number of H-pyrrole nitrogens is 1. The van der Waals surface area contributed by atoms with Crippen LogP contribution in [0.3, 0.4) is 0 Å². The molecule has 2 rings (SSSR count). The van der Waals surface area contributed by atoms with Gasteiger partial charge in [-0.25, -0.2) is 0 Å². The van der Waals surface area contributed by atoms with Crippen LogP contribution in [0.5, 0.6) is 0 Å². The lowest BCUT2D eigenvalue weighted by Crippen LogP contribution is -2.38. The highest BCUT2D eigenvalue weighted by atomic mass is 15.2. The molecule has 0 saturated carbocycles. The zero-order chi connectivity index (χ0) is 15.8. The monoisotopic (exact) mass is 300 g/mol. The summed E-state index contributed by atoms with van der Waals surface area (Å²) in [6.45, 7) is 6.25. The molecule has 0 aliphatic rings. The summed E-state index contributed by atoms with van der Waals surface area (Å²) in [4.78, 5) is 7.68. The maximum Gasteiger partial charge on any atom is 0.190 e. The van der Waals surface area contributed by atoms with Gasteiger partial charge >= 0.3 is 0 Å². The van der Waals surface area contributed by atoms with E-state index in [9.17, 15) is 0 Å². The molecule has 0 amide bonds. The van der Waals surface area contributed by atoms with Gasteiger partial charge < -0.3 is 15.6 Å². The van der Waals surface area contributed by atoms with Crippen molar-refractivity contribution in [1.29, 1.82) is 0 Å². The van der Waals surface area contributed by atoms with Crippen molar-refractivity contribution in [3.8, 4) is 0 Å². The second kappa shape index (κ2) is 8.47.